The van der Waals surface area contributed by atoms with Crippen LogP contribution in [0, 0.1) is 0 Å². The lowest BCUT2D eigenvalue weighted by Crippen LogP contribution is -2.60. The second-order valence-electron chi connectivity index (χ2n) is 7.47. The van der Waals surface area contributed by atoms with Gasteiger partial charge >= 0.3 is 0 Å². The zero-order valence-corrected chi connectivity index (χ0v) is 16.0. The summed E-state index contributed by atoms with van der Waals surface area (Å²) >= 11 is 0. The molecule has 2 fully saturated rings. The molecule has 2 saturated heterocycles. The summed E-state index contributed by atoms with van der Waals surface area (Å²) in [6, 6.07) is 12.5. The highest BCUT2D eigenvalue weighted by molar-refractivity contribution is 5.88. The molecule has 2 unspecified atom stereocenters. The van der Waals surface area contributed by atoms with E-state index in [1.807, 2.05) is 24.3 Å². The van der Waals surface area contributed by atoms with Crippen molar-refractivity contribution < 1.29 is 4.79 Å². The number of carbonyl (C=O) groups excluding carboxylic acids is 1. The molecule has 0 bridgehead atoms. The number of benzene rings is 1. The Hall–Kier alpha value is -3.10. The van der Waals surface area contributed by atoms with Crippen molar-refractivity contribution in [3.8, 4) is 0 Å². The minimum Gasteiger partial charge on any atom is -0.353 e. The first-order valence-electron chi connectivity index (χ1n) is 9.92. The molecular weight excluding hydrogens is 366 g/mol. The Labute approximate surface area is 168 Å². The maximum atomic E-state index is 12.1. The van der Waals surface area contributed by atoms with E-state index in [4.69, 9.17) is 0 Å². The van der Waals surface area contributed by atoms with Gasteiger partial charge in [-0.05, 0) is 11.6 Å². The topological polar surface area (TPSA) is 86.3 Å². The molecule has 2 atom stereocenters. The monoisotopic (exact) mass is 389 g/mol. The average molecular weight is 389 g/mol. The number of carbonyl (C=O) groups is 1. The zero-order valence-electron chi connectivity index (χ0n) is 16.0. The van der Waals surface area contributed by atoms with Crippen LogP contribution in [0.3, 0.4) is 0 Å². The molecule has 29 heavy (non-hydrogen) atoms. The van der Waals surface area contributed by atoms with Gasteiger partial charge in [-0.15, -0.1) is 0 Å². The van der Waals surface area contributed by atoms with Gasteiger partial charge in [0.1, 0.15) is 12.1 Å². The maximum Gasteiger partial charge on any atom is 0.235 e. The highest BCUT2D eigenvalue weighted by Gasteiger charge is 2.36. The summed E-state index contributed by atoms with van der Waals surface area (Å²) in [4.78, 5) is 29.8. The zero-order chi connectivity index (χ0) is 19.6. The van der Waals surface area contributed by atoms with Crippen LogP contribution in [0.15, 0.2) is 55.1 Å². The van der Waals surface area contributed by atoms with Crippen molar-refractivity contribution in [3.63, 3.8) is 0 Å². The van der Waals surface area contributed by atoms with Gasteiger partial charge in [0.25, 0.3) is 0 Å². The quantitative estimate of drug-likeness (QED) is 0.698. The van der Waals surface area contributed by atoms with Gasteiger partial charge in [-0.2, -0.15) is 0 Å². The maximum absolute atomic E-state index is 12.1. The fourth-order valence-corrected chi connectivity index (χ4v) is 4.33. The molecule has 0 spiro atoms. The number of fused-ring (bicyclic) bond motifs is 1. The molecule has 4 heterocycles. The van der Waals surface area contributed by atoms with E-state index in [1.165, 1.54) is 5.56 Å². The first kappa shape index (κ1) is 18.0. The van der Waals surface area contributed by atoms with Gasteiger partial charge in [0.05, 0.1) is 17.8 Å². The van der Waals surface area contributed by atoms with Crippen molar-refractivity contribution in [1.29, 1.82) is 0 Å². The van der Waals surface area contributed by atoms with Gasteiger partial charge in [-0.1, -0.05) is 30.3 Å². The second-order valence-corrected chi connectivity index (χ2v) is 7.47. The van der Waals surface area contributed by atoms with Crippen LogP contribution in [0.2, 0.25) is 0 Å². The molecule has 0 saturated carbocycles. The molecule has 0 aliphatic carbocycles. The molecule has 1 amide bonds. The van der Waals surface area contributed by atoms with Gasteiger partial charge in [0.15, 0.2) is 0 Å². The third kappa shape index (κ3) is 3.52. The van der Waals surface area contributed by atoms with Gasteiger partial charge in [0, 0.05) is 50.2 Å². The predicted octanol–water partition coefficient (Wildman–Crippen LogP) is 1.28. The van der Waals surface area contributed by atoms with E-state index >= 15 is 0 Å². The standard InChI is InChI=1S/C21H23N7O/c29-19-12-18(20(26-25-19)15-4-2-1-3-5-15)27-8-10-28(11-9-27)21-16-6-7-22-13-17(16)23-14-24-21/h1-7,13-14,18,20,26H,8-12H2,(H,25,29). The summed E-state index contributed by atoms with van der Waals surface area (Å²) in [6.07, 6.45) is 5.65. The van der Waals surface area contributed by atoms with Crippen LogP contribution in [-0.4, -0.2) is 58.0 Å². The number of aromatic nitrogens is 3. The van der Waals surface area contributed by atoms with Gasteiger partial charge in [0.2, 0.25) is 5.91 Å². The number of hydrogen-bond donors (Lipinski definition) is 2. The van der Waals surface area contributed by atoms with E-state index in [9.17, 15) is 4.79 Å². The average Bonchev–Trinajstić information content (AvgIpc) is 2.79. The largest absolute Gasteiger partial charge is 0.353 e. The summed E-state index contributed by atoms with van der Waals surface area (Å²) in [5, 5.41) is 1.02. The SMILES string of the molecule is O=C1CC(N2CCN(c3ncnc4cnccc34)CC2)C(c2ccccc2)NN1. The molecule has 2 aromatic heterocycles. The van der Waals surface area contributed by atoms with Crippen LogP contribution in [0.4, 0.5) is 5.82 Å². The number of amides is 1. The molecular formula is C21H23N7O. The Morgan fingerprint density at radius 3 is 2.66 bits per heavy atom. The number of pyridine rings is 1. The molecule has 8 nitrogen and oxygen atoms in total. The van der Waals surface area contributed by atoms with Gasteiger partial charge in [-0.3, -0.25) is 20.1 Å². The number of hydrazine groups is 1. The number of rotatable bonds is 3. The number of hydrogen-bond acceptors (Lipinski definition) is 7. The minimum atomic E-state index is 0.0407. The van der Waals surface area contributed by atoms with E-state index in [0.717, 1.165) is 42.9 Å². The van der Waals surface area contributed by atoms with E-state index in [0.29, 0.717) is 6.42 Å². The van der Waals surface area contributed by atoms with E-state index < -0.39 is 0 Å². The van der Waals surface area contributed by atoms with Crippen molar-refractivity contribution in [2.75, 3.05) is 31.1 Å². The number of anilines is 1. The van der Waals surface area contributed by atoms with Crippen LogP contribution in [0.25, 0.3) is 10.9 Å². The van der Waals surface area contributed by atoms with Crippen molar-refractivity contribution in [1.82, 2.24) is 30.7 Å². The lowest BCUT2D eigenvalue weighted by atomic mass is 9.93. The van der Waals surface area contributed by atoms with Crippen molar-refractivity contribution in [2.45, 2.75) is 18.5 Å². The molecule has 2 aliphatic heterocycles. The Morgan fingerprint density at radius 1 is 1.00 bits per heavy atom. The van der Waals surface area contributed by atoms with Crippen LogP contribution in [-0.2, 0) is 4.79 Å². The van der Waals surface area contributed by atoms with Crippen LogP contribution < -0.4 is 15.8 Å². The summed E-state index contributed by atoms with van der Waals surface area (Å²) < 4.78 is 0. The molecule has 3 aromatic rings. The van der Waals surface area contributed by atoms with Gasteiger partial charge < -0.3 is 4.90 Å². The molecule has 2 N–H and O–H groups in total. The minimum absolute atomic E-state index is 0.0407. The molecule has 8 heteroatoms. The molecule has 0 radical (unpaired) electrons. The Balaban J connectivity index is 1.34. The number of nitrogens with one attached hydrogen (secondary N) is 2. The fourth-order valence-electron chi connectivity index (χ4n) is 4.33. The van der Waals surface area contributed by atoms with Crippen molar-refractivity contribution >= 4 is 22.6 Å². The molecule has 5 rings (SSSR count). The van der Waals surface area contributed by atoms with Gasteiger partial charge in [-0.25, -0.2) is 15.4 Å². The fraction of sp³-hybridized carbons (Fsp3) is 0.333. The molecule has 1 aromatic carbocycles. The predicted molar refractivity (Wildman–Crippen MR) is 110 cm³/mol. The highest BCUT2D eigenvalue weighted by Crippen LogP contribution is 2.28. The summed E-state index contributed by atoms with van der Waals surface area (Å²) in [6.45, 7) is 3.46. The Bertz CT molecular complexity index is 999. The second kappa shape index (κ2) is 7.73. The van der Waals surface area contributed by atoms with E-state index in [-0.39, 0.29) is 18.0 Å². The van der Waals surface area contributed by atoms with Crippen LogP contribution >= 0.6 is 0 Å². The molecule has 2 aliphatic rings. The third-order valence-corrected chi connectivity index (χ3v) is 5.81. The number of piperazine rings is 1. The number of nitrogens with zero attached hydrogens (tertiary/aromatic N) is 5. The summed E-state index contributed by atoms with van der Waals surface area (Å²) in [5.41, 5.74) is 8.07. The first-order chi connectivity index (χ1) is 14.3. The van der Waals surface area contributed by atoms with E-state index in [1.54, 1.807) is 18.7 Å². The highest BCUT2D eigenvalue weighted by atomic mass is 16.2. The first-order valence-corrected chi connectivity index (χ1v) is 9.92. The van der Waals surface area contributed by atoms with Crippen LogP contribution in [0.5, 0.6) is 0 Å². The summed E-state index contributed by atoms with van der Waals surface area (Å²) in [7, 11) is 0. The smallest absolute Gasteiger partial charge is 0.235 e. The Morgan fingerprint density at radius 2 is 1.83 bits per heavy atom. The van der Waals surface area contributed by atoms with Crippen molar-refractivity contribution in [3.05, 3.63) is 60.7 Å². The van der Waals surface area contributed by atoms with Crippen molar-refractivity contribution in [2.24, 2.45) is 0 Å². The normalized spacial score (nSPS) is 23.2. The van der Waals surface area contributed by atoms with E-state index in [2.05, 4.69) is 47.7 Å². The summed E-state index contributed by atoms with van der Waals surface area (Å²) in [5.74, 6) is 0.995. The lowest BCUT2D eigenvalue weighted by Gasteiger charge is -2.44. The Kier molecular flexibility index (Phi) is 4.79. The lowest BCUT2D eigenvalue weighted by molar-refractivity contribution is -0.126. The molecule has 148 valence electrons. The third-order valence-electron chi connectivity index (χ3n) is 5.81. The van der Waals surface area contributed by atoms with Crippen LogP contribution in [0.1, 0.15) is 18.0 Å².